The van der Waals surface area contributed by atoms with Crippen molar-refractivity contribution < 1.29 is 5.11 Å². The summed E-state index contributed by atoms with van der Waals surface area (Å²) in [6.45, 7) is 3.84. The maximum absolute atomic E-state index is 10.6. The molecule has 0 radical (unpaired) electrons. The van der Waals surface area contributed by atoms with Gasteiger partial charge in [0.1, 0.15) is 5.60 Å². The van der Waals surface area contributed by atoms with E-state index in [1.54, 1.807) is 23.5 Å². The van der Waals surface area contributed by atoms with Gasteiger partial charge in [0.05, 0.1) is 0 Å². The Bertz CT molecular complexity index is 561. The molecule has 96 valence electrons. The van der Waals surface area contributed by atoms with Gasteiger partial charge in [-0.25, -0.2) is 0 Å². The molecule has 0 bridgehead atoms. The smallest absolute Gasteiger partial charge is 0.100 e. The van der Waals surface area contributed by atoms with Gasteiger partial charge in [0.25, 0.3) is 0 Å². The minimum absolute atomic E-state index is 0.475. The van der Waals surface area contributed by atoms with Crippen LogP contribution in [0, 0.1) is 6.92 Å². The molecule has 0 saturated carbocycles. The summed E-state index contributed by atoms with van der Waals surface area (Å²) in [5, 5.41) is 11.8. The number of aliphatic hydroxyl groups is 1. The second-order valence-corrected chi connectivity index (χ2v) is 6.73. The van der Waals surface area contributed by atoms with E-state index >= 15 is 0 Å². The summed E-state index contributed by atoms with van der Waals surface area (Å²) in [6.07, 6.45) is 0.475. The fourth-order valence-corrected chi connectivity index (χ4v) is 3.23. The zero-order valence-electron chi connectivity index (χ0n) is 10.2. The molecule has 0 fully saturated rings. The molecule has 0 spiro atoms. The molecule has 18 heavy (non-hydrogen) atoms. The van der Waals surface area contributed by atoms with E-state index in [4.69, 9.17) is 23.2 Å². The van der Waals surface area contributed by atoms with Crippen molar-refractivity contribution in [1.29, 1.82) is 0 Å². The van der Waals surface area contributed by atoms with Crippen LogP contribution in [-0.2, 0) is 12.0 Å². The average Bonchev–Trinajstić information content (AvgIpc) is 2.70. The lowest BCUT2D eigenvalue weighted by Crippen LogP contribution is -2.23. The predicted molar refractivity (Wildman–Crippen MR) is 78.8 cm³/mol. The van der Waals surface area contributed by atoms with Gasteiger partial charge >= 0.3 is 0 Å². The third kappa shape index (κ3) is 3.07. The third-order valence-electron chi connectivity index (χ3n) is 2.82. The topological polar surface area (TPSA) is 20.2 Å². The van der Waals surface area contributed by atoms with E-state index in [1.165, 1.54) is 4.88 Å². The Morgan fingerprint density at radius 1 is 1.22 bits per heavy atom. The first-order valence-corrected chi connectivity index (χ1v) is 7.19. The van der Waals surface area contributed by atoms with E-state index in [0.717, 1.165) is 10.4 Å². The Morgan fingerprint density at radius 2 is 1.94 bits per heavy atom. The van der Waals surface area contributed by atoms with E-state index in [9.17, 15) is 5.11 Å². The molecule has 0 saturated heterocycles. The molecule has 0 aliphatic rings. The van der Waals surface area contributed by atoms with Crippen LogP contribution in [0.25, 0.3) is 0 Å². The van der Waals surface area contributed by atoms with E-state index in [0.29, 0.717) is 16.5 Å². The third-order valence-corrected chi connectivity index (χ3v) is 4.66. The molecule has 0 aliphatic carbocycles. The van der Waals surface area contributed by atoms with Crippen molar-refractivity contribution in [2.75, 3.05) is 0 Å². The standard InChI is InChI=1S/C14H14Cl2OS/c1-9-3-6-13(18-9)14(2,17)8-10-4-5-11(15)7-12(10)16/h3-7,17H,8H2,1-2H3. The van der Waals surface area contributed by atoms with E-state index < -0.39 is 5.60 Å². The van der Waals surface area contributed by atoms with Crippen molar-refractivity contribution in [2.24, 2.45) is 0 Å². The number of hydrogen-bond donors (Lipinski definition) is 1. The van der Waals surface area contributed by atoms with Gasteiger partial charge in [-0.3, -0.25) is 0 Å². The Hall–Kier alpha value is -0.540. The first-order chi connectivity index (χ1) is 8.38. The molecule has 2 aromatic rings. The van der Waals surface area contributed by atoms with Crippen molar-refractivity contribution in [3.8, 4) is 0 Å². The van der Waals surface area contributed by atoms with Crippen LogP contribution >= 0.6 is 34.5 Å². The van der Waals surface area contributed by atoms with Gasteiger partial charge in [-0.2, -0.15) is 0 Å². The highest BCUT2D eigenvalue weighted by atomic mass is 35.5. The monoisotopic (exact) mass is 300 g/mol. The fourth-order valence-electron chi connectivity index (χ4n) is 1.85. The summed E-state index contributed by atoms with van der Waals surface area (Å²) >= 11 is 13.6. The lowest BCUT2D eigenvalue weighted by Gasteiger charge is -2.22. The molecule has 1 aromatic carbocycles. The van der Waals surface area contributed by atoms with Gasteiger partial charge in [0.2, 0.25) is 0 Å². The average molecular weight is 301 g/mol. The van der Waals surface area contributed by atoms with Crippen LogP contribution in [0.15, 0.2) is 30.3 Å². The number of benzene rings is 1. The van der Waals surface area contributed by atoms with Gasteiger partial charge < -0.3 is 5.11 Å². The van der Waals surface area contributed by atoms with Crippen LogP contribution in [0.1, 0.15) is 22.2 Å². The van der Waals surface area contributed by atoms with Gasteiger partial charge in [0.15, 0.2) is 0 Å². The molecule has 2 rings (SSSR count). The lowest BCUT2D eigenvalue weighted by molar-refractivity contribution is 0.0615. The van der Waals surface area contributed by atoms with Crippen LogP contribution in [-0.4, -0.2) is 5.11 Å². The summed E-state index contributed by atoms with van der Waals surface area (Å²) in [5.74, 6) is 0. The molecule has 1 atom stereocenters. The number of rotatable bonds is 3. The van der Waals surface area contributed by atoms with Crippen LogP contribution < -0.4 is 0 Å². The normalized spacial score (nSPS) is 14.5. The van der Waals surface area contributed by atoms with Crippen molar-refractivity contribution in [2.45, 2.75) is 25.9 Å². The van der Waals surface area contributed by atoms with Crippen LogP contribution in [0.4, 0.5) is 0 Å². The van der Waals surface area contributed by atoms with E-state index in [1.807, 2.05) is 32.0 Å². The molecule has 1 nitrogen and oxygen atoms in total. The molecular weight excluding hydrogens is 287 g/mol. The molecular formula is C14H14Cl2OS. The molecule has 0 amide bonds. The summed E-state index contributed by atoms with van der Waals surface area (Å²) < 4.78 is 0. The molecule has 1 heterocycles. The van der Waals surface area contributed by atoms with Crippen molar-refractivity contribution in [3.05, 3.63) is 55.7 Å². The molecule has 1 N–H and O–H groups in total. The fraction of sp³-hybridized carbons (Fsp3) is 0.286. The van der Waals surface area contributed by atoms with Crippen LogP contribution in [0.5, 0.6) is 0 Å². The molecule has 0 aliphatic heterocycles. The first kappa shape index (κ1) is 13.9. The number of hydrogen-bond acceptors (Lipinski definition) is 2. The van der Waals surface area contributed by atoms with Crippen molar-refractivity contribution >= 4 is 34.5 Å². The summed E-state index contributed by atoms with van der Waals surface area (Å²) in [7, 11) is 0. The Balaban J connectivity index is 2.27. The quantitative estimate of drug-likeness (QED) is 0.862. The van der Waals surface area contributed by atoms with Gasteiger partial charge in [-0.05, 0) is 43.7 Å². The zero-order chi connectivity index (χ0) is 13.3. The highest BCUT2D eigenvalue weighted by Gasteiger charge is 2.26. The van der Waals surface area contributed by atoms with Crippen LogP contribution in [0.2, 0.25) is 10.0 Å². The second kappa shape index (κ2) is 5.22. The SMILES string of the molecule is Cc1ccc(C(C)(O)Cc2ccc(Cl)cc2Cl)s1. The van der Waals surface area contributed by atoms with Crippen molar-refractivity contribution in [1.82, 2.24) is 0 Å². The zero-order valence-corrected chi connectivity index (χ0v) is 12.5. The number of halogens is 2. The van der Waals surface area contributed by atoms with E-state index in [-0.39, 0.29) is 0 Å². The van der Waals surface area contributed by atoms with Gasteiger partial charge in [-0.1, -0.05) is 29.3 Å². The minimum atomic E-state index is -0.906. The Kier molecular flexibility index (Phi) is 4.02. The second-order valence-electron chi connectivity index (χ2n) is 4.60. The Labute approximate surface area is 121 Å². The highest BCUT2D eigenvalue weighted by molar-refractivity contribution is 7.12. The largest absolute Gasteiger partial charge is 0.384 e. The summed E-state index contributed by atoms with van der Waals surface area (Å²) in [6, 6.07) is 9.33. The van der Waals surface area contributed by atoms with E-state index in [2.05, 4.69) is 0 Å². The van der Waals surface area contributed by atoms with Crippen molar-refractivity contribution in [3.63, 3.8) is 0 Å². The Morgan fingerprint density at radius 3 is 2.50 bits per heavy atom. The highest BCUT2D eigenvalue weighted by Crippen LogP contribution is 2.33. The minimum Gasteiger partial charge on any atom is -0.384 e. The first-order valence-electron chi connectivity index (χ1n) is 5.62. The predicted octanol–water partition coefficient (Wildman–Crippen LogP) is 4.81. The molecule has 4 heteroatoms. The summed E-state index contributed by atoms with van der Waals surface area (Å²) in [5.41, 5.74) is -0.00624. The molecule has 1 aromatic heterocycles. The molecule has 1 unspecified atom stereocenters. The van der Waals surface area contributed by atoms with Gasteiger partial charge in [0, 0.05) is 26.2 Å². The van der Waals surface area contributed by atoms with Crippen LogP contribution in [0.3, 0.4) is 0 Å². The maximum atomic E-state index is 10.6. The number of thiophene rings is 1. The number of aryl methyl sites for hydroxylation is 1. The summed E-state index contributed by atoms with van der Waals surface area (Å²) in [4.78, 5) is 2.14. The maximum Gasteiger partial charge on any atom is 0.100 e. The lowest BCUT2D eigenvalue weighted by atomic mass is 9.95. The van der Waals surface area contributed by atoms with Gasteiger partial charge in [-0.15, -0.1) is 11.3 Å².